The molecule has 2 aromatic rings. The molecular formula is C18H19N3O3S. The number of nitrogens with zero attached hydrogens (tertiary/aromatic N) is 2. The van der Waals surface area contributed by atoms with E-state index in [1.807, 2.05) is 36.4 Å². The van der Waals surface area contributed by atoms with Crippen LogP contribution >= 0.6 is 11.8 Å². The van der Waals surface area contributed by atoms with Gasteiger partial charge in [-0.05, 0) is 23.6 Å². The molecule has 0 spiro atoms. The van der Waals surface area contributed by atoms with Crippen molar-refractivity contribution in [1.29, 1.82) is 0 Å². The Morgan fingerprint density at radius 2 is 2.08 bits per heavy atom. The smallest absolute Gasteiger partial charge is 0.276 e. The van der Waals surface area contributed by atoms with Crippen LogP contribution in [0, 0.1) is 5.92 Å². The molecule has 1 aliphatic rings. The number of hydrogen-bond donors (Lipinski definition) is 1. The van der Waals surface area contributed by atoms with Crippen molar-refractivity contribution in [2.75, 3.05) is 12.3 Å². The van der Waals surface area contributed by atoms with Crippen LogP contribution in [0.4, 0.5) is 4.79 Å². The third-order valence-electron chi connectivity index (χ3n) is 3.89. The molecule has 0 unspecified atom stereocenters. The maximum atomic E-state index is 12.1. The van der Waals surface area contributed by atoms with Crippen LogP contribution in [0.15, 0.2) is 48.7 Å². The molecule has 1 aromatic carbocycles. The quantitative estimate of drug-likeness (QED) is 0.859. The number of primary amides is 1. The first kappa shape index (κ1) is 17.3. The highest BCUT2D eigenvalue weighted by Gasteiger charge is 2.29. The number of pyridine rings is 1. The van der Waals surface area contributed by atoms with Crippen molar-refractivity contribution in [1.82, 2.24) is 9.88 Å². The van der Waals surface area contributed by atoms with E-state index in [4.69, 9.17) is 10.5 Å². The van der Waals surface area contributed by atoms with Gasteiger partial charge in [-0.1, -0.05) is 36.0 Å². The monoisotopic (exact) mass is 357 g/mol. The Bertz CT molecular complexity index is 737. The van der Waals surface area contributed by atoms with Gasteiger partial charge in [-0.25, -0.2) is 4.98 Å². The molecule has 6 nitrogen and oxygen atoms in total. The zero-order valence-corrected chi connectivity index (χ0v) is 14.4. The molecule has 0 bridgehead atoms. The molecule has 0 saturated carbocycles. The van der Waals surface area contributed by atoms with Gasteiger partial charge in [0.1, 0.15) is 5.75 Å². The van der Waals surface area contributed by atoms with Crippen LogP contribution in [0.1, 0.15) is 12.0 Å². The molecule has 1 aromatic heterocycles. The number of ether oxygens (including phenoxy) is 1. The molecule has 3 rings (SSSR count). The minimum absolute atomic E-state index is 0.0969. The van der Waals surface area contributed by atoms with Gasteiger partial charge in [-0.2, -0.15) is 0 Å². The van der Waals surface area contributed by atoms with E-state index in [1.165, 1.54) is 0 Å². The summed E-state index contributed by atoms with van der Waals surface area (Å²) in [5.74, 6) is 2.09. The van der Waals surface area contributed by atoms with Crippen molar-refractivity contribution in [2.45, 2.75) is 13.0 Å². The number of carbonyl (C=O) groups excluding carboxylic acids is 2. The Balaban J connectivity index is 1.54. The van der Waals surface area contributed by atoms with E-state index in [2.05, 4.69) is 4.98 Å². The highest BCUT2D eigenvalue weighted by molar-refractivity contribution is 8.13. The Morgan fingerprint density at radius 1 is 1.28 bits per heavy atom. The number of rotatable bonds is 6. The lowest BCUT2D eigenvalue weighted by Crippen LogP contribution is -2.25. The molecule has 2 amide bonds. The lowest BCUT2D eigenvalue weighted by atomic mass is 10.1. The zero-order chi connectivity index (χ0) is 17.6. The van der Waals surface area contributed by atoms with Gasteiger partial charge >= 0.3 is 0 Å². The van der Waals surface area contributed by atoms with Crippen molar-refractivity contribution in [3.05, 3.63) is 54.2 Å². The molecule has 1 atom stereocenters. The van der Waals surface area contributed by atoms with Gasteiger partial charge in [0.25, 0.3) is 5.24 Å². The van der Waals surface area contributed by atoms with E-state index in [1.54, 1.807) is 17.2 Å². The number of thioether (sulfide) groups is 1. The van der Waals surface area contributed by atoms with Gasteiger partial charge < -0.3 is 15.4 Å². The molecule has 1 saturated heterocycles. The van der Waals surface area contributed by atoms with E-state index < -0.39 is 5.24 Å². The fourth-order valence-corrected chi connectivity index (χ4v) is 3.34. The molecule has 1 aliphatic heterocycles. The molecule has 0 radical (unpaired) electrons. The summed E-state index contributed by atoms with van der Waals surface area (Å²) in [5.41, 5.74) is 6.08. The standard InChI is InChI=1S/C18H19N3O3S/c19-18(23)25-12-14-8-17(22)21(11-14)10-13-6-7-16(20-9-13)24-15-4-2-1-3-5-15/h1-7,9,14H,8,10-12H2,(H2,19,23)/t14-/m1/s1. The number of aromatic nitrogens is 1. The summed E-state index contributed by atoms with van der Waals surface area (Å²) in [6.07, 6.45) is 2.18. The van der Waals surface area contributed by atoms with E-state index in [0.29, 0.717) is 31.1 Å². The number of carbonyl (C=O) groups is 2. The molecule has 1 fully saturated rings. The summed E-state index contributed by atoms with van der Waals surface area (Å²) in [5, 5.41) is -0.399. The lowest BCUT2D eigenvalue weighted by molar-refractivity contribution is -0.128. The van der Waals surface area contributed by atoms with Crippen LogP contribution in [-0.2, 0) is 11.3 Å². The SMILES string of the molecule is NC(=O)SC[C@@H]1CC(=O)N(Cc2ccc(Oc3ccccc3)nc2)C1. The zero-order valence-electron chi connectivity index (χ0n) is 13.6. The molecule has 130 valence electrons. The molecular weight excluding hydrogens is 338 g/mol. The Kier molecular flexibility index (Phi) is 5.55. The van der Waals surface area contributed by atoms with Gasteiger partial charge in [0.05, 0.1) is 0 Å². The second-order valence-electron chi connectivity index (χ2n) is 5.89. The lowest BCUT2D eigenvalue weighted by Gasteiger charge is -2.16. The first-order valence-corrected chi connectivity index (χ1v) is 8.96. The van der Waals surface area contributed by atoms with Crippen molar-refractivity contribution in [2.24, 2.45) is 11.7 Å². The number of hydrogen-bond acceptors (Lipinski definition) is 5. The minimum atomic E-state index is -0.399. The summed E-state index contributed by atoms with van der Waals surface area (Å²) < 4.78 is 5.66. The molecule has 0 aliphatic carbocycles. The summed E-state index contributed by atoms with van der Waals surface area (Å²) in [4.78, 5) is 29.0. The maximum absolute atomic E-state index is 12.1. The van der Waals surface area contributed by atoms with Gasteiger partial charge in [-0.3, -0.25) is 9.59 Å². The highest BCUT2D eigenvalue weighted by atomic mass is 32.2. The number of para-hydroxylation sites is 1. The van der Waals surface area contributed by atoms with Crippen molar-refractivity contribution < 1.29 is 14.3 Å². The van der Waals surface area contributed by atoms with Crippen molar-refractivity contribution in [3.8, 4) is 11.6 Å². The normalized spacial score (nSPS) is 16.9. The largest absolute Gasteiger partial charge is 0.439 e. The van der Waals surface area contributed by atoms with Gasteiger partial charge in [0.15, 0.2) is 0 Å². The van der Waals surface area contributed by atoms with Crippen molar-refractivity contribution >= 4 is 22.9 Å². The van der Waals surface area contributed by atoms with Crippen LogP contribution in [0.3, 0.4) is 0 Å². The predicted molar refractivity (Wildman–Crippen MR) is 96.3 cm³/mol. The maximum Gasteiger partial charge on any atom is 0.276 e. The Morgan fingerprint density at radius 3 is 2.76 bits per heavy atom. The summed E-state index contributed by atoms with van der Waals surface area (Å²) in [6.45, 7) is 1.15. The van der Waals surface area contributed by atoms with Gasteiger partial charge in [0, 0.05) is 37.5 Å². The second kappa shape index (κ2) is 8.02. The fourth-order valence-electron chi connectivity index (χ4n) is 2.71. The van der Waals surface area contributed by atoms with E-state index in [9.17, 15) is 9.59 Å². The Hall–Kier alpha value is -2.54. The molecule has 2 heterocycles. The van der Waals surface area contributed by atoms with Crippen LogP contribution < -0.4 is 10.5 Å². The van der Waals surface area contributed by atoms with E-state index in [-0.39, 0.29) is 11.8 Å². The van der Waals surface area contributed by atoms with E-state index >= 15 is 0 Å². The molecule has 2 N–H and O–H groups in total. The van der Waals surface area contributed by atoms with Crippen LogP contribution in [0.5, 0.6) is 11.6 Å². The van der Waals surface area contributed by atoms with Crippen LogP contribution in [0.2, 0.25) is 0 Å². The average molecular weight is 357 g/mol. The van der Waals surface area contributed by atoms with Crippen LogP contribution in [-0.4, -0.2) is 33.3 Å². The van der Waals surface area contributed by atoms with Gasteiger partial charge in [0.2, 0.25) is 11.8 Å². The Labute approximate surface area is 150 Å². The number of benzene rings is 1. The summed E-state index contributed by atoms with van der Waals surface area (Å²) in [6, 6.07) is 13.1. The minimum Gasteiger partial charge on any atom is -0.439 e. The predicted octanol–water partition coefficient (Wildman–Crippen LogP) is 3.03. The third-order valence-corrected chi connectivity index (χ3v) is 4.82. The average Bonchev–Trinajstić information content (AvgIpc) is 2.95. The molecule has 25 heavy (non-hydrogen) atoms. The summed E-state index contributed by atoms with van der Waals surface area (Å²) in [7, 11) is 0. The number of nitrogens with two attached hydrogens (primary N) is 1. The molecule has 7 heteroatoms. The fraction of sp³-hybridized carbons (Fsp3) is 0.278. The second-order valence-corrected chi connectivity index (χ2v) is 6.92. The first-order chi connectivity index (χ1) is 12.1. The third kappa shape index (κ3) is 4.96. The summed E-state index contributed by atoms with van der Waals surface area (Å²) >= 11 is 1.07. The number of amides is 2. The first-order valence-electron chi connectivity index (χ1n) is 7.98. The van der Waals surface area contributed by atoms with Crippen molar-refractivity contribution in [3.63, 3.8) is 0 Å². The van der Waals surface area contributed by atoms with Gasteiger partial charge in [-0.15, -0.1) is 0 Å². The topological polar surface area (TPSA) is 85.5 Å². The van der Waals surface area contributed by atoms with E-state index in [0.717, 1.165) is 23.1 Å². The highest BCUT2D eigenvalue weighted by Crippen LogP contribution is 2.24. The number of likely N-dealkylation sites (tertiary alicyclic amines) is 1. The van der Waals surface area contributed by atoms with Crippen LogP contribution in [0.25, 0.3) is 0 Å².